The summed E-state index contributed by atoms with van der Waals surface area (Å²) in [6.07, 6.45) is 2.07. The molecule has 98 valence electrons. The molecule has 0 saturated heterocycles. The number of carbonyl (C=O) groups is 1. The first-order valence-corrected chi connectivity index (χ1v) is 7.80. The minimum absolute atomic E-state index is 0.0174. The lowest BCUT2D eigenvalue weighted by molar-refractivity contribution is -0.117. The van der Waals surface area contributed by atoms with Crippen LogP contribution in [0.15, 0.2) is 23.1 Å². The molecule has 5 heteroatoms. The fraction of sp³-hybridized carbons (Fsp3) is 0.462. The van der Waals surface area contributed by atoms with Crippen LogP contribution in [0.4, 0.5) is 5.69 Å². The first-order chi connectivity index (χ1) is 8.29. The van der Waals surface area contributed by atoms with Crippen LogP contribution in [-0.4, -0.2) is 20.6 Å². The second kappa shape index (κ2) is 4.39. The number of rotatable bonds is 3. The van der Waals surface area contributed by atoms with E-state index in [0.717, 1.165) is 18.2 Å². The van der Waals surface area contributed by atoms with E-state index in [1.807, 2.05) is 13.8 Å². The summed E-state index contributed by atoms with van der Waals surface area (Å²) in [6.45, 7) is 3.88. The molecule has 2 unspecified atom stereocenters. The Morgan fingerprint density at radius 2 is 2.00 bits per heavy atom. The van der Waals surface area contributed by atoms with E-state index in [4.69, 9.17) is 0 Å². The van der Waals surface area contributed by atoms with Gasteiger partial charge in [0.15, 0.2) is 9.84 Å². The third-order valence-electron chi connectivity index (χ3n) is 3.34. The van der Waals surface area contributed by atoms with Crippen molar-refractivity contribution in [2.24, 2.45) is 11.8 Å². The molecule has 1 aromatic rings. The second-order valence-corrected chi connectivity index (χ2v) is 7.07. The quantitative estimate of drug-likeness (QED) is 0.911. The van der Waals surface area contributed by atoms with Crippen molar-refractivity contribution < 1.29 is 13.2 Å². The van der Waals surface area contributed by atoms with Crippen molar-refractivity contribution in [1.82, 2.24) is 0 Å². The lowest BCUT2D eigenvalue weighted by atomic mass is 10.2. The average Bonchev–Trinajstić information content (AvgIpc) is 2.97. The molecule has 2 atom stereocenters. The number of sulfone groups is 1. The van der Waals surface area contributed by atoms with Gasteiger partial charge in [0.25, 0.3) is 0 Å². The standard InChI is InChI=1S/C13H17NO3S/c1-8-4-5-10(18(3,16)17)7-12(8)14-13(15)11-6-9(11)2/h4-5,7,9,11H,6H2,1-3H3,(H,14,15). The van der Waals surface area contributed by atoms with Crippen LogP contribution in [0, 0.1) is 18.8 Å². The first-order valence-electron chi connectivity index (χ1n) is 5.90. The third kappa shape index (κ3) is 2.72. The number of carbonyl (C=O) groups excluding carboxylic acids is 1. The number of hydrogen-bond acceptors (Lipinski definition) is 3. The normalized spacial score (nSPS) is 22.6. The zero-order valence-electron chi connectivity index (χ0n) is 10.7. The van der Waals surface area contributed by atoms with Gasteiger partial charge in [-0.05, 0) is 37.0 Å². The molecule has 0 bridgehead atoms. The number of amides is 1. The highest BCUT2D eigenvalue weighted by molar-refractivity contribution is 7.90. The molecule has 1 aromatic carbocycles. The van der Waals surface area contributed by atoms with E-state index >= 15 is 0 Å². The van der Waals surface area contributed by atoms with Crippen molar-refractivity contribution in [2.75, 3.05) is 11.6 Å². The Balaban J connectivity index is 2.24. The van der Waals surface area contributed by atoms with Crippen molar-refractivity contribution >= 4 is 21.4 Å². The average molecular weight is 267 g/mol. The molecule has 0 aromatic heterocycles. The monoisotopic (exact) mass is 267 g/mol. The van der Waals surface area contributed by atoms with E-state index in [1.165, 1.54) is 6.07 Å². The van der Waals surface area contributed by atoms with Gasteiger partial charge in [-0.3, -0.25) is 4.79 Å². The topological polar surface area (TPSA) is 63.2 Å². The maximum absolute atomic E-state index is 11.8. The fourth-order valence-electron chi connectivity index (χ4n) is 1.88. The summed E-state index contributed by atoms with van der Waals surface area (Å²) in [7, 11) is -3.24. The van der Waals surface area contributed by atoms with Crippen LogP contribution >= 0.6 is 0 Å². The zero-order valence-corrected chi connectivity index (χ0v) is 11.5. The van der Waals surface area contributed by atoms with Crippen molar-refractivity contribution in [3.8, 4) is 0 Å². The lowest BCUT2D eigenvalue weighted by Crippen LogP contribution is -2.15. The Labute approximate surface area is 107 Å². The molecule has 1 N–H and O–H groups in total. The second-order valence-electron chi connectivity index (χ2n) is 5.06. The van der Waals surface area contributed by atoms with Crippen molar-refractivity contribution in [2.45, 2.75) is 25.2 Å². The summed E-state index contributed by atoms with van der Waals surface area (Å²) < 4.78 is 22.9. The maximum atomic E-state index is 11.8. The van der Waals surface area contributed by atoms with Crippen LogP contribution < -0.4 is 5.32 Å². The lowest BCUT2D eigenvalue weighted by Gasteiger charge is -2.09. The van der Waals surface area contributed by atoms with E-state index < -0.39 is 9.84 Å². The van der Waals surface area contributed by atoms with Crippen LogP contribution in [-0.2, 0) is 14.6 Å². The number of hydrogen-bond donors (Lipinski definition) is 1. The van der Waals surface area contributed by atoms with Gasteiger partial charge in [-0.25, -0.2) is 8.42 Å². The van der Waals surface area contributed by atoms with Gasteiger partial charge >= 0.3 is 0 Å². The van der Waals surface area contributed by atoms with E-state index in [-0.39, 0.29) is 16.7 Å². The highest BCUT2D eigenvalue weighted by atomic mass is 32.2. The molecule has 0 radical (unpaired) electrons. The van der Waals surface area contributed by atoms with Crippen LogP contribution in [0.25, 0.3) is 0 Å². The van der Waals surface area contributed by atoms with Gasteiger partial charge in [0, 0.05) is 17.9 Å². The predicted molar refractivity (Wildman–Crippen MR) is 70.2 cm³/mol. The molecular weight excluding hydrogens is 250 g/mol. The zero-order chi connectivity index (χ0) is 13.5. The van der Waals surface area contributed by atoms with Gasteiger partial charge in [0.1, 0.15) is 0 Å². The van der Waals surface area contributed by atoms with Crippen LogP contribution in [0.3, 0.4) is 0 Å². The molecular formula is C13H17NO3S. The largest absolute Gasteiger partial charge is 0.326 e. The predicted octanol–water partition coefficient (Wildman–Crippen LogP) is 1.99. The fourth-order valence-corrected chi connectivity index (χ4v) is 2.53. The van der Waals surface area contributed by atoms with Gasteiger partial charge in [-0.2, -0.15) is 0 Å². The first kappa shape index (κ1) is 13.1. The Morgan fingerprint density at radius 3 is 2.50 bits per heavy atom. The minimum atomic E-state index is -3.24. The Kier molecular flexibility index (Phi) is 3.19. The van der Waals surface area contributed by atoms with E-state index in [1.54, 1.807) is 12.1 Å². The van der Waals surface area contributed by atoms with Crippen LogP contribution in [0.5, 0.6) is 0 Å². The highest BCUT2D eigenvalue weighted by Crippen LogP contribution is 2.38. The van der Waals surface area contributed by atoms with Gasteiger partial charge in [0.2, 0.25) is 5.91 Å². The van der Waals surface area contributed by atoms with Crippen molar-refractivity contribution in [3.05, 3.63) is 23.8 Å². The van der Waals surface area contributed by atoms with Gasteiger partial charge in [0.05, 0.1) is 4.90 Å². The summed E-state index contributed by atoms with van der Waals surface area (Å²) in [5, 5.41) is 2.81. The number of nitrogens with one attached hydrogen (secondary N) is 1. The molecule has 4 nitrogen and oxygen atoms in total. The summed E-state index contributed by atoms with van der Waals surface area (Å²) >= 11 is 0. The SMILES string of the molecule is Cc1ccc(S(C)(=O)=O)cc1NC(=O)C1CC1C. The molecule has 0 aliphatic heterocycles. The van der Waals surface area contributed by atoms with E-state index in [0.29, 0.717) is 11.6 Å². The number of anilines is 1. The molecule has 1 aliphatic rings. The Morgan fingerprint density at radius 1 is 1.39 bits per heavy atom. The Bertz CT molecular complexity index is 592. The minimum Gasteiger partial charge on any atom is -0.326 e. The molecule has 1 fully saturated rings. The van der Waals surface area contributed by atoms with Crippen LogP contribution in [0.1, 0.15) is 18.9 Å². The number of benzene rings is 1. The van der Waals surface area contributed by atoms with Gasteiger partial charge in [-0.1, -0.05) is 13.0 Å². The van der Waals surface area contributed by atoms with Gasteiger partial charge in [-0.15, -0.1) is 0 Å². The maximum Gasteiger partial charge on any atom is 0.227 e. The van der Waals surface area contributed by atoms with Gasteiger partial charge < -0.3 is 5.32 Å². The molecule has 1 saturated carbocycles. The molecule has 18 heavy (non-hydrogen) atoms. The smallest absolute Gasteiger partial charge is 0.227 e. The molecule has 1 aliphatic carbocycles. The number of aryl methyl sites for hydroxylation is 1. The summed E-state index contributed by atoms with van der Waals surface area (Å²) in [5.74, 6) is 0.492. The van der Waals surface area contributed by atoms with Crippen molar-refractivity contribution in [1.29, 1.82) is 0 Å². The van der Waals surface area contributed by atoms with E-state index in [2.05, 4.69) is 5.32 Å². The van der Waals surface area contributed by atoms with Crippen LogP contribution in [0.2, 0.25) is 0 Å². The molecule has 2 rings (SSSR count). The van der Waals surface area contributed by atoms with Crippen molar-refractivity contribution in [3.63, 3.8) is 0 Å². The molecule has 0 spiro atoms. The summed E-state index contributed by atoms with van der Waals surface area (Å²) in [6, 6.07) is 4.79. The molecule has 0 heterocycles. The van der Waals surface area contributed by atoms with E-state index in [9.17, 15) is 13.2 Å². The summed E-state index contributed by atoms with van der Waals surface area (Å²) in [5.41, 5.74) is 1.45. The summed E-state index contributed by atoms with van der Waals surface area (Å²) in [4.78, 5) is 12.1. The highest BCUT2D eigenvalue weighted by Gasteiger charge is 2.39. The molecule has 1 amide bonds. The third-order valence-corrected chi connectivity index (χ3v) is 4.45. The Hall–Kier alpha value is -1.36.